The molecule has 0 radical (unpaired) electrons. The van der Waals surface area contributed by atoms with Crippen molar-refractivity contribution in [2.75, 3.05) is 0 Å². The molecule has 2 N–H and O–H groups in total. The summed E-state index contributed by atoms with van der Waals surface area (Å²) < 4.78 is 13.4. The molecule has 19 heavy (non-hydrogen) atoms. The molecule has 0 aliphatic carbocycles. The van der Waals surface area contributed by atoms with Crippen LogP contribution in [0.5, 0.6) is 0 Å². The standard InChI is InChI=1S/C13H12FN3O2/c14-12-6-9(3-4-11(12)13(18)19)7-15-8-10-2-1-5-16-17-10/h1-6,15H,7-8H2,(H,18,19). The van der Waals surface area contributed by atoms with Gasteiger partial charge in [0.25, 0.3) is 0 Å². The molecular weight excluding hydrogens is 249 g/mol. The Labute approximate surface area is 109 Å². The van der Waals surface area contributed by atoms with Gasteiger partial charge in [-0.3, -0.25) is 0 Å². The van der Waals surface area contributed by atoms with E-state index in [2.05, 4.69) is 15.5 Å². The maximum Gasteiger partial charge on any atom is 0.338 e. The van der Waals surface area contributed by atoms with E-state index in [1.807, 2.05) is 6.07 Å². The number of benzene rings is 1. The number of halogens is 1. The highest BCUT2D eigenvalue weighted by molar-refractivity contribution is 5.87. The lowest BCUT2D eigenvalue weighted by Gasteiger charge is -2.05. The van der Waals surface area contributed by atoms with E-state index in [4.69, 9.17) is 5.11 Å². The fourth-order valence-electron chi connectivity index (χ4n) is 1.60. The van der Waals surface area contributed by atoms with E-state index in [0.717, 1.165) is 5.69 Å². The molecule has 0 amide bonds. The maximum atomic E-state index is 13.4. The van der Waals surface area contributed by atoms with Crippen molar-refractivity contribution in [1.29, 1.82) is 0 Å². The summed E-state index contributed by atoms with van der Waals surface area (Å²) in [7, 11) is 0. The molecule has 6 heteroatoms. The highest BCUT2D eigenvalue weighted by Crippen LogP contribution is 2.10. The summed E-state index contributed by atoms with van der Waals surface area (Å²) in [6.45, 7) is 0.934. The maximum absolute atomic E-state index is 13.4. The first-order valence-electron chi connectivity index (χ1n) is 5.66. The molecule has 0 saturated heterocycles. The SMILES string of the molecule is O=C(O)c1ccc(CNCc2cccnn2)cc1F. The van der Waals surface area contributed by atoms with Crippen LogP contribution in [0.25, 0.3) is 0 Å². The van der Waals surface area contributed by atoms with Crippen LogP contribution in [0, 0.1) is 5.82 Å². The average molecular weight is 261 g/mol. The lowest BCUT2D eigenvalue weighted by molar-refractivity contribution is 0.0692. The number of nitrogens with one attached hydrogen (secondary N) is 1. The fraction of sp³-hybridized carbons (Fsp3) is 0.154. The molecule has 0 aliphatic heterocycles. The van der Waals surface area contributed by atoms with Gasteiger partial charge in [0.1, 0.15) is 5.82 Å². The molecule has 2 aromatic rings. The smallest absolute Gasteiger partial charge is 0.338 e. The summed E-state index contributed by atoms with van der Waals surface area (Å²) >= 11 is 0. The van der Waals surface area contributed by atoms with E-state index in [9.17, 15) is 9.18 Å². The van der Waals surface area contributed by atoms with Crippen LogP contribution in [-0.2, 0) is 13.1 Å². The van der Waals surface area contributed by atoms with Crippen molar-refractivity contribution in [3.63, 3.8) is 0 Å². The minimum atomic E-state index is -1.27. The summed E-state index contributed by atoms with van der Waals surface area (Å²) in [5, 5.41) is 19.4. The largest absolute Gasteiger partial charge is 0.478 e. The number of hydrogen-bond acceptors (Lipinski definition) is 4. The van der Waals surface area contributed by atoms with Crippen molar-refractivity contribution in [3.05, 3.63) is 59.2 Å². The zero-order valence-electron chi connectivity index (χ0n) is 10.0. The molecule has 0 bridgehead atoms. The number of aromatic nitrogens is 2. The predicted octanol–water partition coefficient (Wildman–Crippen LogP) is 1.60. The van der Waals surface area contributed by atoms with Gasteiger partial charge in [-0.15, -0.1) is 0 Å². The van der Waals surface area contributed by atoms with E-state index in [1.165, 1.54) is 12.1 Å². The van der Waals surface area contributed by atoms with Gasteiger partial charge >= 0.3 is 5.97 Å². The van der Waals surface area contributed by atoms with Crippen LogP contribution in [0.2, 0.25) is 0 Å². The first-order chi connectivity index (χ1) is 9.16. The summed E-state index contributed by atoms with van der Waals surface area (Å²) in [5.74, 6) is -2.00. The van der Waals surface area contributed by atoms with Crippen molar-refractivity contribution >= 4 is 5.97 Å². The number of carboxylic acids is 1. The van der Waals surface area contributed by atoms with Crippen molar-refractivity contribution < 1.29 is 14.3 Å². The van der Waals surface area contributed by atoms with E-state index in [-0.39, 0.29) is 5.56 Å². The second kappa shape index (κ2) is 6.01. The zero-order chi connectivity index (χ0) is 13.7. The Morgan fingerprint density at radius 2 is 2.16 bits per heavy atom. The van der Waals surface area contributed by atoms with Gasteiger partial charge in [-0.25, -0.2) is 9.18 Å². The van der Waals surface area contributed by atoms with Crippen LogP contribution in [0.1, 0.15) is 21.6 Å². The van der Waals surface area contributed by atoms with Gasteiger partial charge < -0.3 is 10.4 Å². The Morgan fingerprint density at radius 3 is 2.79 bits per heavy atom. The number of carboxylic acid groups (broad SMARTS) is 1. The third kappa shape index (κ3) is 3.56. The predicted molar refractivity (Wildman–Crippen MR) is 65.9 cm³/mol. The van der Waals surface area contributed by atoms with Gasteiger partial charge in [0.15, 0.2) is 0 Å². The second-order valence-electron chi connectivity index (χ2n) is 3.94. The Hall–Kier alpha value is -2.34. The number of carbonyl (C=O) groups is 1. The van der Waals surface area contributed by atoms with E-state index in [1.54, 1.807) is 18.3 Å². The third-order valence-electron chi connectivity index (χ3n) is 2.53. The molecule has 2 rings (SSSR count). The summed E-state index contributed by atoms with van der Waals surface area (Å²) in [6.07, 6.45) is 1.59. The Balaban J connectivity index is 1.93. The van der Waals surface area contributed by atoms with Crippen molar-refractivity contribution in [2.45, 2.75) is 13.1 Å². The quantitative estimate of drug-likeness (QED) is 0.855. The number of rotatable bonds is 5. The van der Waals surface area contributed by atoms with Gasteiger partial charge in [-0.1, -0.05) is 6.07 Å². The van der Waals surface area contributed by atoms with E-state index in [0.29, 0.717) is 18.7 Å². The second-order valence-corrected chi connectivity index (χ2v) is 3.94. The van der Waals surface area contributed by atoms with Crippen molar-refractivity contribution in [3.8, 4) is 0 Å². The molecule has 1 aromatic heterocycles. The van der Waals surface area contributed by atoms with Crippen LogP contribution in [0.4, 0.5) is 4.39 Å². The van der Waals surface area contributed by atoms with Gasteiger partial charge in [0.2, 0.25) is 0 Å². The molecule has 0 fully saturated rings. The minimum absolute atomic E-state index is 0.322. The Kier molecular flexibility index (Phi) is 4.15. The lowest BCUT2D eigenvalue weighted by atomic mass is 10.1. The fourth-order valence-corrected chi connectivity index (χ4v) is 1.60. The topological polar surface area (TPSA) is 75.1 Å². The molecule has 1 aromatic carbocycles. The van der Waals surface area contributed by atoms with Crippen molar-refractivity contribution in [1.82, 2.24) is 15.5 Å². The van der Waals surface area contributed by atoms with Crippen LogP contribution in [-0.4, -0.2) is 21.3 Å². The molecule has 0 aliphatic rings. The van der Waals surface area contributed by atoms with Crippen LogP contribution >= 0.6 is 0 Å². The molecule has 98 valence electrons. The number of aromatic carboxylic acids is 1. The first-order valence-corrected chi connectivity index (χ1v) is 5.66. The normalized spacial score (nSPS) is 10.4. The number of nitrogens with zero attached hydrogens (tertiary/aromatic N) is 2. The molecule has 5 nitrogen and oxygen atoms in total. The van der Waals surface area contributed by atoms with E-state index >= 15 is 0 Å². The summed E-state index contributed by atoms with van der Waals surface area (Å²) in [5.41, 5.74) is 1.13. The zero-order valence-corrected chi connectivity index (χ0v) is 10.0. The molecular formula is C13H12FN3O2. The van der Waals surface area contributed by atoms with Crippen LogP contribution < -0.4 is 5.32 Å². The summed E-state index contributed by atoms with van der Waals surface area (Å²) in [6, 6.07) is 7.67. The molecule has 1 heterocycles. The average Bonchev–Trinajstić information content (AvgIpc) is 2.39. The van der Waals surface area contributed by atoms with Gasteiger partial charge in [-0.05, 0) is 29.8 Å². The Morgan fingerprint density at radius 1 is 1.32 bits per heavy atom. The molecule has 0 spiro atoms. The minimum Gasteiger partial charge on any atom is -0.478 e. The van der Waals surface area contributed by atoms with Crippen LogP contribution in [0.3, 0.4) is 0 Å². The van der Waals surface area contributed by atoms with Crippen LogP contribution in [0.15, 0.2) is 36.5 Å². The number of hydrogen-bond donors (Lipinski definition) is 2. The van der Waals surface area contributed by atoms with Gasteiger partial charge in [-0.2, -0.15) is 10.2 Å². The van der Waals surface area contributed by atoms with Crippen molar-refractivity contribution in [2.24, 2.45) is 0 Å². The third-order valence-corrected chi connectivity index (χ3v) is 2.53. The van der Waals surface area contributed by atoms with Gasteiger partial charge in [0, 0.05) is 19.3 Å². The highest BCUT2D eigenvalue weighted by atomic mass is 19.1. The molecule has 0 atom stereocenters. The van der Waals surface area contributed by atoms with Gasteiger partial charge in [0.05, 0.1) is 11.3 Å². The van der Waals surface area contributed by atoms with E-state index < -0.39 is 11.8 Å². The first kappa shape index (κ1) is 13.1. The highest BCUT2D eigenvalue weighted by Gasteiger charge is 2.09. The monoisotopic (exact) mass is 261 g/mol. The summed E-state index contributed by atoms with van der Waals surface area (Å²) in [4.78, 5) is 10.7. The Bertz CT molecular complexity index is 575. The molecule has 0 saturated carbocycles. The molecule has 0 unspecified atom stereocenters. The lowest BCUT2D eigenvalue weighted by Crippen LogP contribution is -2.14.